The molecule has 0 fully saturated rings. The third-order valence-corrected chi connectivity index (χ3v) is 2.84. The predicted molar refractivity (Wildman–Crippen MR) is 69.6 cm³/mol. The second-order valence-corrected chi connectivity index (χ2v) is 4.23. The molecule has 0 saturated carbocycles. The van der Waals surface area contributed by atoms with Crippen molar-refractivity contribution in [2.24, 2.45) is 0 Å². The molecule has 0 spiro atoms. The van der Waals surface area contributed by atoms with Gasteiger partial charge in [0.05, 0.1) is 11.6 Å². The van der Waals surface area contributed by atoms with Crippen molar-refractivity contribution in [3.63, 3.8) is 0 Å². The average molecular weight is 258 g/mol. The van der Waals surface area contributed by atoms with Crippen molar-refractivity contribution >= 4 is 5.69 Å². The number of nitriles is 1. The van der Waals surface area contributed by atoms with Gasteiger partial charge in [0.15, 0.2) is 0 Å². The molecule has 96 valence electrons. The van der Waals surface area contributed by atoms with E-state index in [1.54, 1.807) is 6.07 Å². The van der Waals surface area contributed by atoms with Crippen LogP contribution in [0.15, 0.2) is 36.4 Å². The van der Waals surface area contributed by atoms with Crippen LogP contribution in [0.4, 0.5) is 14.5 Å². The Morgan fingerprint density at radius 3 is 2.68 bits per heavy atom. The standard InChI is InChI=1S/C15H12F2N2/c1-10-2-4-13(16)7-15(10)19-9-12-6-11(8-18)3-5-14(12)17/h2-7,19H,9H2,1H3. The zero-order valence-corrected chi connectivity index (χ0v) is 10.4. The second kappa shape index (κ2) is 5.49. The molecule has 0 aliphatic heterocycles. The second-order valence-electron chi connectivity index (χ2n) is 4.23. The fourth-order valence-corrected chi connectivity index (χ4v) is 1.75. The lowest BCUT2D eigenvalue weighted by Gasteiger charge is -2.10. The zero-order valence-electron chi connectivity index (χ0n) is 10.4. The van der Waals surface area contributed by atoms with Gasteiger partial charge in [-0.2, -0.15) is 5.26 Å². The number of rotatable bonds is 3. The number of hydrogen-bond acceptors (Lipinski definition) is 2. The van der Waals surface area contributed by atoms with Crippen LogP contribution in [0.25, 0.3) is 0 Å². The molecule has 2 nitrogen and oxygen atoms in total. The van der Waals surface area contributed by atoms with Crippen LogP contribution in [0.2, 0.25) is 0 Å². The van der Waals surface area contributed by atoms with Crippen LogP contribution in [-0.4, -0.2) is 0 Å². The maximum absolute atomic E-state index is 13.6. The van der Waals surface area contributed by atoms with Crippen LogP contribution in [0.3, 0.4) is 0 Å². The third kappa shape index (κ3) is 3.08. The molecule has 2 aromatic rings. The lowest BCUT2D eigenvalue weighted by molar-refractivity contribution is 0.612. The van der Waals surface area contributed by atoms with E-state index in [4.69, 9.17) is 5.26 Å². The first-order valence-electron chi connectivity index (χ1n) is 5.78. The predicted octanol–water partition coefficient (Wildman–Crippen LogP) is 3.76. The fourth-order valence-electron chi connectivity index (χ4n) is 1.75. The SMILES string of the molecule is Cc1ccc(F)cc1NCc1cc(C#N)ccc1F. The average Bonchev–Trinajstić information content (AvgIpc) is 2.41. The van der Waals surface area contributed by atoms with E-state index in [0.717, 1.165) is 5.56 Å². The summed E-state index contributed by atoms with van der Waals surface area (Å²) in [5.74, 6) is -0.736. The van der Waals surface area contributed by atoms with Crippen molar-refractivity contribution in [1.29, 1.82) is 5.26 Å². The van der Waals surface area contributed by atoms with E-state index in [0.29, 0.717) is 16.8 Å². The highest BCUT2D eigenvalue weighted by Crippen LogP contribution is 2.18. The van der Waals surface area contributed by atoms with Crippen LogP contribution >= 0.6 is 0 Å². The Bertz CT molecular complexity index is 645. The molecule has 0 aliphatic rings. The van der Waals surface area contributed by atoms with Gasteiger partial charge in [-0.3, -0.25) is 0 Å². The molecule has 2 aromatic carbocycles. The van der Waals surface area contributed by atoms with Gasteiger partial charge >= 0.3 is 0 Å². The first-order chi connectivity index (χ1) is 9.10. The highest BCUT2D eigenvalue weighted by Gasteiger charge is 2.05. The van der Waals surface area contributed by atoms with E-state index in [2.05, 4.69) is 5.32 Å². The van der Waals surface area contributed by atoms with E-state index in [1.807, 2.05) is 13.0 Å². The quantitative estimate of drug-likeness (QED) is 0.909. The summed E-state index contributed by atoms with van der Waals surface area (Å²) >= 11 is 0. The molecule has 0 radical (unpaired) electrons. The number of hydrogen-bond donors (Lipinski definition) is 1. The molecule has 1 N–H and O–H groups in total. The molecule has 0 amide bonds. The van der Waals surface area contributed by atoms with E-state index in [-0.39, 0.29) is 18.2 Å². The monoisotopic (exact) mass is 258 g/mol. The van der Waals surface area contributed by atoms with Crippen LogP contribution in [0, 0.1) is 29.9 Å². The van der Waals surface area contributed by atoms with Gasteiger partial charge in [0.2, 0.25) is 0 Å². The van der Waals surface area contributed by atoms with Gasteiger partial charge in [0.1, 0.15) is 11.6 Å². The Balaban J connectivity index is 2.19. The molecular weight excluding hydrogens is 246 g/mol. The molecular formula is C15H12F2N2. The molecule has 0 bridgehead atoms. The number of anilines is 1. The molecule has 0 atom stereocenters. The van der Waals surface area contributed by atoms with Crippen molar-refractivity contribution < 1.29 is 8.78 Å². The van der Waals surface area contributed by atoms with Crippen molar-refractivity contribution in [2.45, 2.75) is 13.5 Å². The van der Waals surface area contributed by atoms with Gasteiger partial charge in [0, 0.05) is 17.8 Å². The van der Waals surface area contributed by atoms with Crippen LogP contribution in [0.1, 0.15) is 16.7 Å². The van der Waals surface area contributed by atoms with Gasteiger partial charge in [0.25, 0.3) is 0 Å². The largest absolute Gasteiger partial charge is 0.381 e. The maximum atomic E-state index is 13.6. The zero-order chi connectivity index (χ0) is 13.8. The summed E-state index contributed by atoms with van der Waals surface area (Å²) in [7, 11) is 0. The normalized spacial score (nSPS) is 10.0. The van der Waals surface area contributed by atoms with Crippen molar-refractivity contribution in [3.8, 4) is 6.07 Å². The van der Waals surface area contributed by atoms with E-state index < -0.39 is 0 Å². The summed E-state index contributed by atoms with van der Waals surface area (Å²) in [4.78, 5) is 0. The van der Waals surface area contributed by atoms with Crippen LogP contribution < -0.4 is 5.32 Å². The molecule has 0 aliphatic carbocycles. The minimum atomic E-state index is -0.388. The molecule has 2 rings (SSSR count). The summed E-state index contributed by atoms with van der Waals surface area (Å²) in [5.41, 5.74) is 2.26. The third-order valence-electron chi connectivity index (χ3n) is 2.84. The molecule has 0 aromatic heterocycles. The molecule has 0 heterocycles. The van der Waals surface area contributed by atoms with Gasteiger partial charge < -0.3 is 5.32 Å². The highest BCUT2D eigenvalue weighted by atomic mass is 19.1. The highest BCUT2D eigenvalue weighted by molar-refractivity contribution is 5.51. The summed E-state index contributed by atoms with van der Waals surface area (Å²) < 4.78 is 26.7. The summed E-state index contributed by atoms with van der Waals surface area (Å²) in [6.07, 6.45) is 0. The van der Waals surface area contributed by atoms with E-state index in [9.17, 15) is 8.78 Å². The van der Waals surface area contributed by atoms with Crippen LogP contribution in [-0.2, 0) is 6.54 Å². The maximum Gasteiger partial charge on any atom is 0.128 e. The van der Waals surface area contributed by atoms with E-state index >= 15 is 0 Å². The Morgan fingerprint density at radius 2 is 1.95 bits per heavy atom. The molecule has 19 heavy (non-hydrogen) atoms. The van der Waals surface area contributed by atoms with Crippen molar-refractivity contribution in [2.75, 3.05) is 5.32 Å². The molecule has 4 heteroatoms. The lowest BCUT2D eigenvalue weighted by Crippen LogP contribution is -2.04. The molecule has 0 unspecified atom stereocenters. The van der Waals surface area contributed by atoms with Crippen molar-refractivity contribution in [1.82, 2.24) is 0 Å². The van der Waals surface area contributed by atoms with Gasteiger partial charge in [-0.1, -0.05) is 6.07 Å². The Hall–Kier alpha value is -2.41. The number of aryl methyl sites for hydroxylation is 1. The minimum Gasteiger partial charge on any atom is -0.381 e. The summed E-state index contributed by atoms with van der Waals surface area (Å²) in [6.45, 7) is 2.04. The Morgan fingerprint density at radius 1 is 1.16 bits per heavy atom. The lowest BCUT2D eigenvalue weighted by atomic mass is 10.1. The number of nitrogens with one attached hydrogen (secondary N) is 1. The number of benzene rings is 2. The Kier molecular flexibility index (Phi) is 3.76. The first-order valence-corrected chi connectivity index (χ1v) is 5.78. The van der Waals surface area contributed by atoms with E-state index in [1.165, 1.54) is 30.3 Å². The topological polar surface area (TPSA) is 35.8 Å². The minimum absolute atomic E-state index is 0.200. The first kappa shape index (κ1) is 13.0. The number of halogens is 2. The smallest absolute Gasteiger partial charge is 0.128 e. The van der Waals surface area contributed by atoms with Gasteiger partial charge in [-0.15, -0.1) is 0 Å². The molecule has 0 saturated heterocycles. The van der Waals surface area contributed by atoms with Gasteiger partial charge in [-0.05, 0) is 42.8 Å². The van der Waals surface area contributed by atoms with Gasteiger partial charge in [-0.25, -0.2) is 8.78 Å². The summed E-state index contributed by atoms with van der Waals surface area (Å²) in [6, 6.07) is 10.5. The Labute approximate surface area is 110 Å². The van der Waals surface area contributed by atoms with Crippen molar-refractivity contribution in [3.05, 3.63) is 64.7 Å². The van der Waals surface area contributed by atoms with Crippen LogP contribution in [0.5, 0.6) is 0 Å². The number of nitrogens with zero attached hydrogens (tertiary/aromatic N) is 1. The fraction of sp³-hybridized carbons (Fsp3) is 0.133. The summed E-state index contributed by atoms with van der Waals surface area (Å²) in [5, 5.41) is 11.7.